The minimum Gasteiger partial charge on any atom is -0.367 e. The third-order valence-corrected chi connectivity index (χ3v) is 8.26. The van der Waals surface area contributed by atoms with Gasteiger partial charge in [-0.3, -0.25) is 14.4 Å². The molecule has 1 aliphatic heterocycles. The first-order valence-corrected chi connectivity index (χ1v) is 13.6. The average Bonchev–Trinajstić information content (AvgIpc) is 3.42. The maximum absolute atomic E-state index is 13.8. The number of para-hydroxylation sites is 1. The van der Waals surface area contributed by atoms with E-state index < -0.39 is 6.04 Å². The van der Waals surface area contributed by atoms with E-state index in [1.54, 1.807) is 29.2 Å². The minimum absolute atomic E-state index is 0.190. The number of H-pyrrole nitrogens is 1. The molecular weight excluding hydrogens is 511 g/mol. The molecule has 7 nitrogen and oxygen atoms in total. The Kier molecular flexibility index (Phi) is 7.72. The normalized spacial score (nSPS) is 18.4. The molecule has 194 valence electrons. The van der Waals surface area contributed by atoms with Crippen LogP contribution in [0.1, 0.15) is 42.5 Å². The molecule has 1 unspecified atom stereocenters. The molecule has 0 radical (unpaired) electrons. The Morgan fingerprint density at radius 1 is 1.00 bits per heavy atom. The van der Waals surface area contributed by atoms with Gasteiger partial charge in [-0.2, -0.15) is 0 Å². The van der Waals surface area contributed by atoms with E-state index in [4.69, 9.17) is 23.2 Å². The third-order valence-electron chi connectivity index (χ3n) is 7.52. The molecule has 1 aliphatic carbocycles. The van der Waals surface area contributed by atoms with Gasteiger partial charge in [-0.25, -0.2) is 0 Å². The van der Waals surface area contributed by atoms with Gasteiger partial charge in [-0.15, -0.1) is 0 Å². The number of carbonyl (C=O) groups is 2. The van der Waals surface area contributed by atoms with Crippen LogP contribution in [0.2, 0.25) is 10.0 Å². The van der Waals surface area contributed by atoms with Crippen LogP contribution in [-0.2, 0) is 4.79 Å². The number of carbonyl (C=O) groups excluding carboxylic acids is 2. The van der Waals surface area contributed by atoms with Crippen LogP contribution >= 0.6 is 23.2 Å². The summed E-state index contributed by atoms with van der Waals surface area (Å²) in [6.07, 6.45) is 5.88. The maximum Gasteiger partial charge on any atom is 0.255 e. The number of piperazine rings is 1. The van der Waals surface area contributed by atoms with E-state index in [0.717, 1.165) is 12.1 Å². The number of hydrogen-bond donors (Lipinski definition) is 2. The van der Waals surface area contributed by atoms with Crippen molar-refractivity contribution in [1.29, 1.82) is 0 Å². The molecule has 3 aromatic rings. The average molecular weight is 541 g/mol. The number of nitrogens with zero attached hydrogens (tertiary/aromatic N) is 2. The molecule has 2 heterocycles. The van der Waals surface area contributed by atoms with Crippen molar-refractivity contribution in [3.05, 3.63) is 74.5 Å². The van der Waals surface area contributed by atoms with Crippen LogP contribution in [-0.4, -0.2) is 53.9 Å². The predicted octanol–water partition coefficient (Wildman–Crippen LogP) is 4.86. The molecule has 1 saturated carbocycles. The van der Waals surface area contributed by atoms with Gasteiger partial charge >= 0.3 is 0 Å². The molecule has 1 atom stereocenters. The highest BCUT2D eigenvalue weighted by Gasteiger charge is 2.36. The van der Waals surface area contributed by atoms with Crippen molar-refractivity contribution in [3.8, 4) is 0 Å². The number of halogens is 2. The number of hydrogen-bond acceptors (Lipinski definition) is 4. The summed E-state index contributed by atoms with van der Waals surface area (Å²) >= 11 is 12.4. The van der Waals surface area contributed by atoms with Crippen LogP contribution in [0.15, 0.2) is 53.3 Å². The van der Waals surface area contributed by atoms with Crippen molar-refractivity contribution in [2.45, 2.75) is 38.1 Å². The zero-order valence-electron chi connectivity index (χ0n) is 20.5. The molecule has 2 fully saturated rings. The minimum atomic E-state index is -0.725. The van der Waals surface area contributed by atoms with Gasteiger partial charge in [0.2, 0.25) is 11.5 Å². The Morgan fingerprint density at radius 3 is 2.57 bits per heavy atom. The van der Waals surface area contributed by atoms with E-state index in [9.17, 15) is 14.4 Å². The molecule has 0 spiro atoms. The van der Waals surface area contributed by atoms with Crippen LogP contribution in [0, 0.1) is 5.92 Å². The van der Waals surface area contributed by atoms with Gasteiger partial charge in [0, 0.05) is 48.8 Å². The predicted molar refractivity (Wildman–Crippen MR) is 148 cm³/mol. The first kappa shape index (κ1) is 25.6. The zero-order valence-corrected chi connectivity index (χ0v) is 22.0. The number of benzene rings is 2. The lowest BCUT2D eigenvalue weighted by molar-refractivity contribution is -0.125. The molecule has 2 aromatic carbocycles. The smallest absolute Gasteiger partial charge is 0.255 e. The summed E-state index contributed by atoms with van der Waals surface area (Å²) in [7, 11) is 0. The second kappa shape index (κ2) is 11.2. The van der Waals surface area contributed by atoms with Gasteiger partial charge in [-0.05, 0) is 36.6 Å². The van der Waals surface area contributed by atoms with E-state index >= 15 is 0 Å². The topological polar surface area (TPSA) is 85.5 Å². The lowest BCUT2D eigenvalue weighted by atomic mass is 10.0. The Balaban J connectivity index is 1.41. The first-order valence-electron chi connectivity index (χ1n) is 12.8. The molecule has 37 heavy (non-hydrogen) atoms. The fraction of sp³-hybridized carbons (Fsp3) is 0.393. The molecule has 1 saturated heterocycles. The van der Waals surface area contributed by atoms with E-state index in [1.807, 2.05) is 23.1 Å². The fourth-order valence-electron chi connectivity index (χ4n) is 5.52. The number of pyridine rings is 1. The number of aromatic nitrogens is 1. The lowest BCUT2D eigenvalue weighted by Gasteiger charge is -2.41. The van der Waals surface area contributed by atoms with Crippen molar-refractivity contribution in [1.82, 2.24) is 15.2 Å². The van der Waals surface area contributed by atoms with Crippen molar-refractivity contribution < 1.29 is 9.59 Å². The van der Waals surface area contributed by atoms with Crippen molar-refractivity contribution in [2.24, 2.45) is 5.92 Å². The molecule has 2 N–H and O–H groups in total. The van der Waals surface area contributed by atoms with Gasteiger partial charge < -0.3 is 20.1 Å². The van der Waals surface area contributed by atoms with E-state index in [1.165, 1.54) is 31.7 Å². The summed E-state index contributed by atoms with van der Waals surface area (Å²) in [6.45, 7) is 1.72. The summed E-state index contributed by atoms with van der Waals surface area (Å²) in [5.41, 5.74) is 1.37. The second-order valence-corrected chi connectivity index (χ2v) is 10.7. The number of anilines is 1. The zero-order chi connectivity index (χ0) is 25.9. The quantitative estimate of drug-likeness (QED) is 0.467. The third kappa shape index (κ3) is 5.63. The molecule has 2 aliphatic rings. The standard InChI is InChI=1S/C28H30Cl2N4O3/c29-22-10-9-19(15-23(22)30)33-13-14-34(25(17-33)27(36)31-12-11-18-5-1-2-6-18)28(37)21-16-26(35)32-24-8-4-3-7-20(21)24/h3-4,7-10,15-16,18,25H,1-2,5-6,11-14,17H2,(H,31,36)(H,32,35). The molecule has 0 bridgehead atoms. The van der Waals surface area contributed by atoms with Gasteiger partial charge in [-0.1, -0.05) is 67.1 Å². The van der Waals surface area contributed by atoms with Crippen LogP contribution in [0.5, 0.6) is 0 Å². The van der Waals surface area contributed by atoms with Crippen LogP contribution < -0.4 is 15.8 Å². The van der Waals surface area contributed by atoms with Crippen molar-refractivity contribution in [3.63, 3.8) is 0 Å². The monoisotopic (exact) mass is 540 g/mol. The first-order chi connectivity index (χ1) is 17.9. The van der Waals surface area contributed by atoms with Gasteiger partial charge in [0.25, 0.3) is 5.91 Å². The number of rotatable bonds is 6. The molecule has 1 aromatic heterocycles. The summed E-state index contributed by atoms with van der Waals surface area (Å²) in [6, 6.07) is 13.2. The van der Waals surface area contributed by atoms with Gasteiger partial charge in [0.15, 0.2) is 0 Å². The maximum atomic E-state index is 13.8. The number of aromatic amines is 1. The summed E-state index contributed by atoms with van der Waals surface area (Å²) in [5.74, 6) is 0.136. The molecule has 5 rings (SSSR count). The van der Waals surface area contributed by atoms with Crippen LogP contribution in [0.4, 0.5) is 5.69 Å². The SMILES string of the molecule is O=C(NCCC1CCCC1)C1CN(c2ccc(Cl)c(Cl)c2)CCN1C(=O)c1cc(=O)[nH]c2ccccc12. The van der Waals surface area contributed by atoms with Crippen LogP contribution in [0.3, 0.4) is 0 Å². The Hall–Kier alpha value is -3.03. The number of nitrogens with one attached hydrogen (secondary N) is 2. The summed E-state index contributed by atoms with van der Waals surface area (Å²) in [5, 5.41) is 4.63. The highest BCUT2D eigenvalue weighted by Crippen LogP contribution is 2.30. The summed E-state index contributed by atoms with van der Waals surface area (Å²) in [4.78, 5) is 46.1. The Morgan fingerprint density at radius 2 is 1.78 bits per heavy atom. The largest absolute Gasteiger partial charge is 0.367 e. The van der Waals surface area contributed by atoms with E-state index in [-0.39, 0.29) is 17.4 Å². The van der Waals surface area contributed by atoms with Gasteiger partial charge in [0.1, 0.15) is 6.04 Å². The fourth-order valence-corrected chi connectivity index (χ4v) is 5.81. The molecule has 2 amide bonds. The summed E-state index contributed by atoms with van der Waals surface area (Å²) < 4.78 is 0. The molecular formula is C28H30Cl2N4O3. The number of fused-ring (bicyclic) bond motifs is 1. The molecule has 9 heteroatoms. The lowest BCUT2D eigenvalue weighted by Crippen LogP contribution is -2.61. The van der Waals surface area contributed by atoms with E-state index in [2.05, 4.69) is 10.3 Å². The number of amides is 2. The Bertz CT molecular complexity index is 1370. The highest BCUT2D eigenvalue weighted by atomic mass is 35.5. The van der Waals surface area contributed by atoms with Crippen molar-refractivity contribution >= 4 is 51.6 Å². The van der Waals surface area contributed by atoms with Crippen LogP contribution in [0.25, 0.3) is 10.9 Å². The highest BCUT2D eigenvalue weighted by molar-refractivity contribution is 6.42. The second-order valence-electron chi connectivity index (χ2n) is 9.88. The van der Waals surface area contributed by atoms with Gasteiger partial charge in [0.05, 0.1) is 15.6 Å². The van der Waals surface area contributed by atoms with E-state index in [0.29, 0.717) is 58.6 Å². The Labute approximate surface area is 225 Å². The van der Waals surface area contributed by atoms with Crippen molar-refractivity contribution in [2.75, 3.05) is 31.1 Å².